The number of hydrogen-bond donors (Lipinski definition) is 2. The molecule has 0 unspecified atom stereocenters. The van der Waals surface area contributed by atoms with Crippen molar-refractivity contribution in [2.24, 2.45) is 0 Å². The molecule has 2 rings (SSSR count). The van der Waals surface area contributed by atoms with Crippen LogP contribution in [0, 0.1) is 0 Å². The van der Waals surface area contributed by atoms with E-state index in [1.807, 2.05) is 18.0 Å². The van der Waals surface area contributed by atoms with E-state index < -0.39 is 5.97 Å². The van der Waals surface area contributed by atoms with Crippen LogP contribution in [0.1, 0.15) is 15.4 Å². The quantitative estimate of drug-likeness (QED) is 0.835. The summed E-state index contributed by atoms with van der Waals surface area (Å²) in [6.07, 6.45) is 1.65. The third-order valence-electron chi connectivity index (χ3n) is 2.68. The number of carboxylic acids is 1. The Morgan fingerprint density at radius 2 is 2.25 bits per heavy atom. The Hall–Kier alpha value is -1.83. The Kier molecular flexibility index (Phi) is 4.78. The van der Waals surface area contributed by atoms with E-state index in [0.29, 0.717) is 28.7 Å². The molecule has 0 radical (unpaired) electrons. The number of aliphatic hydroxyl groups excluding tert-OH is 1. The molecule has 6 nitrogen and oxygen atoms in total. The summed E-state index contributed by atoms with van der Waals surface area (Å²) in [5, 5.41) is 18.7. The molecule has 0 saturated carbocycles. The normalized spacial score (nSPS) is 10.9. The lowest BCUT2D eigenvalue weighted by Crippen LogP contribution is -2.22. The summed E-state index contributed by atoms with van der Waals surface area (Å²) >= 11 is 1.32. The average Bonchev–Trinajstić information content (AvgIpc) is 2.84. The molecule has 0 fully saturated rings. The maximum absolute atomic E-state index is 11.3. The van der Waals surface area contributed by atoms with E-state index in [4.69, 9.17) is 5.11 Å². The highest BCUT2D eigenvalue weighted by Crippen LogP contribution is 2.27. The predicted molar refractivity (Wildman–Crippen MR) is 75.7 cm³/mol. The number of aromatic nitrogens is 2. The van der Waals surface area contributed by atoms with Gasteiger partial charge in [0.15, 0.2) is 5.69 Å². The summed E-state index contributed by atoms with van der Waals surface area (Å²) in [5.74, 6) is -1.05. The summed E-state index contributed by atoms with van der Waals surface area (Å²) in [5.41, 5.74) is 0.719. The van der Waals surface area contributed by atoms with Crippen LogP contribution in [0.2, 0.25) is 0 Å². The van der Waals surface area contributed by atoms with Crippen LogP contribution in [0.25, 0.3) is 10.7 Å². The van der Waals surface area contributed by atoms with Gasteiger partial charge >= 0.3 is 5.97 Å². The molecule has 0 spiro atoms. The van der Waals surface area contributed by atoms with Crippen molar-refractivity contribution in [2.75, 3.05) is 20.2 Å². The Labute approximate surface area is 120 Å². The lowest BCUT2D eigenvalue weighted by Gasteiger charge is -2.13. The van der Waals surface area contributed by atoms with Crippen molar-refractivity contribution in [2.45, 2.75) is 6.54 Å². The van der Waals surface area contributed by atoms with E-state index in [-0.39, 0.29) is 12.3 Å². The van der Waals surface area contributed by atoms with Crippen LogP contribution in [0.3, 0.4) is 0 Å². The van der Waals surface area contributed by atoms with Crippen LogP contribution in [0.15, 0.2) is 24.4 Å². The highest BCUT2D eigenvalue weighted by atomic mass is 32.1. The second-order valence-corrected chi connectivity index (χ2v) is 5.36. The van der Waals surface area contributed by atoms with Crippen molar-refractivity contribution >= 4 is 17.3 Å². The van der Waals surface area contributed by atoms with Crippen LogP contribution in [-0.4, -0.2) is 51.2 Å². The minimum atomic E-state index is -1.05. The number of aromatic carboxylic acids is 1. The molecule has 2 heterocycles. The summed E-state index contributed by atoms with van der Waals surface area (Å²) in [6.45, 7) is 0.952. The van der Waals surface area contributed by atoms with E-state index >= 15 is 0 Å². The highest BCUT2D eigenvalue weighted by molar-refractivity contribution is 7.15. The van der Waals surface area contributed by atoms with Gasteiger partial charge in [-0.25, -0.2) is 9.78 Å². The molecular formula is C13H15N3O3S. The van der Waals surface area contributed by atoms with Crippen molar-refractivity contribution < 1.29 is 15.0 Å². The molecule has 0 bridgehead atoms. The number of nitrogens with zero attached hydrogens (tertiary/aromatic N) is 3. The molecule has 2 aromatic rings. The minimum Gasteiger partial charge on any atom is -0.476 e. The number of thiazole rings is 1. The van der Waals surface area contributed by atoms with Crippen molar-refractivity contribution in [3.05, 3.63) is 35.0 Å². The van der Waals surface area contributed by atoms with E-state index in [2.05, 4.69) is 9.97 Å². The molecule has 7 heteroatoms. The fraction of sp³-hybridized carbons (Fsp3) is 0.308. The van der Waals surface area contributed by atoms with Gasteiger partial charge in [-0.3, -0.25) is 9.88 Å². The minimum absolute atomic E-state index is 0.0325. The van der Waals surface area contributed by atoms with Crippen molar-refractivity contribution in [3.63, 3.8) is 0 Å². The molecule has 20 heavy (non-hydrogen) atoms. The van der Waals surface area contributed by atoms with E-state index in [1.54, 1.807) is 18.3 Å². The second kappa shape index (κ2) is 6.56. The van der Waals surface area contributed by atoms with Crippen LogP contribution < -0.4 is 0 Å². The molecule has 0 aliphatic carbocycles. The number of carbonyl (C=O) groups is 1. The highest BCUT2D eigenvalue weighted by Gasteiger charge is 2.19. The van der Waals surface area contributed by atoms with Crippen LogP contribution in [-0.2, 0) is 6.54 Å². The topological polar surface area (TPSA) is 86.5 Å². The van der Waals surface area contributed by atoms with Gasteiger partial charge < -0.3 is 10.2 Å². The van der Waals surface area contributed by atoms with Gasteiger partial charge in [-0.2, -0.15) is 0 Å². The zero-order chi connectivity index (χ0) is 14.5. The molecule has 0 amide bonds. The summed E-state index contributed by atoms with van der Waals surface area (Å²) in [7, 11) is 1.82. The molecular weight excluding hydrogens is 278 g/mol. The van der Waals surface area contributed by atoms with Gasteiger partial charge in [0.25, 0.3) is 0 Å². The Bertz CT molecular complexity index is 586. The maximum atomic E-state index is 11.3. The summed E-state index contributed by atoms with van der Waals surface area (Å²) in [4.78, 5) is 22.1. The fourth-order valence-corrected chi connectivity index (χ4v) is 2.83. The first kappa shape index (κ1) is 14.6. The van der Waals surface area contributed by atoms with Gasteiger partial charge in [-0.1, -0.05) is 6.07 Å². The van der Waals surface area contributed by atoms with Gasteiger partial charge in [0, 0.05) is 19.3 Å². The first-order valence-electron chi connectivity index (χ1n) is 6.05. The number of rotatable bonds is 6. The Morgan fingerprint density at radius 1 is 1.45 bits per heavy atom. The Balaban J connectivity index is 2.31. The molecule has 0 atom stereocenters. The van der Waals surface area contributed by atoms with Crippen molar-refractivity contribution in [3.8, 4) is 10.7 Å². The first-order valence-corrected chi connectivity index (χ1v) is 6.87. The molecule has 0 saturated heterocycles. The average molecular weight is 293 g/mol. The summed E-state index contributed by atoms with van der Waals surface area (Å²) in [6, 6.07) is 5.43. The van der Waals surface area contributed by atoms with Gasteiger partial charge in [-0.15, -0.1) is 11.3 Å². The van der Waals surface area contributed by atoms with Gasteiger partial charge in [0.1, 0.15) is 5.01 Å². The van der Waals surface area contributed by atoms with Crippen LogP contribution in [0.4, 0.5) is 0 Å². The molecule has 0 aromatic carbocycles. The largest absolute Gasteiger partial charge is 0.476 e. The van der Waals surface area contributed by atoms with E-state index in [9.17, 15) is 9.90 Å². The van der Waals surface area contributed by atoms with Crippen LogP contribution in [0.5, 0.6) is 0 Å². The molecule has 0 aliphatic heterocycles. The lowest BCUT2D eigenvalue weighted by atomic mass is 10.3. The van der Waals surface area contributed by atoms with E-state index in [1.165, 1.54) is 11.3 Å². The van der Waals surface area contributed by atoms with E-state index in [0.717, 1.165) is 0 Å². The number of aliphatic hydroxyl groups is 1. The maximum Gasteiger partial charge on any atom is 0.355 e. The number of hydrogen-bond acceptors (Lipinski definition) is 6. The van der Waals surface area contributed by atoms with Gasteiger partial charge in [0.05, 0.1) is 17.2 Å². The SMILES string of the molecule is CN(CCO)Cc1sc(-c2ccccn2)nc1C(=O)O. The smallest absolute Gasteiger partial charge is 0.355 e. The third-order valence-corrected chi connectivity index (χ3v) is 3.74. The van der Waals surface area contributed by atoms with Gasteiger partial charge in [0.2, 0.25) is 0 Å². The fourth-order valence-electron chi connectivity index (χ4n) is 1.72. The molecule has 106 valence electrons. The lowest BCUT2D eigenvalue weighted by molar-refractivity contribution is 0.0689. The Morgan fingerprint density at radius 3 is 2.85 bits per heavy atom. The molecule has 2 aromatic heterocycles. The standard InChI is InChI=1S/C13H15N3O3S/c1-16(6-7-17)8-10-11(13(18)19)15-12(20-10)9-4-2-3-5-14-9/h2-5,17H,6-8H2,1H3,(H,18,19). The van der Waals surface area contributed by atoms with Crippen LogP contribution >= 0.6 is 11.3 Å². The molecule has 2 N–H and O–H groups in total. The van der Waals surface area contributed by atoms with Crippen molar-refractivity contribution in [1.29, 1.82) is 0 Å². The number of pyridine rings is 1. The number of carboxylic acid groups (broad SMARTS) is 1. The predicted octanol–water partition coefficient (Wildman–Crippen LogP) is 1.33. The van der Waals surface area contributed by atoms with Gasteiger partial charge in [-0.05, 0) is 19.2 Å². The first-order chi connectivity index (χ1) is 9.61. The zero-order valence-corrected chi connectivity index (χ0v) is 11.8. The monoisotopic (exact) mass is 293 g/mol. The third kappa shape index (κ3) is 3.38. The summed E-state index contributed by atoms with van der Waals surface area (Å²) < 4.78 is 0. The number of likely N-dealkylation sites (N-methyl/N-ethyl adjacent to an activating group) is 1. The molecule has 0 aliphatic rings. The second-order valence-electron chi connectivity index (χ2n) is 4.27. The zero-order valence-electron chi connectivity index (χ0n) is 11.0. The van der Waals surface area contributed by atoms with Crippen molar-refractivity contribution in [1.82, 2.24) is 14.9 Å².